The topological polar surface area (TPSA) is 17.1 Å². The molecule has 2 heteroatoms. The van der Waals surface area contributed by atoms with Crippen LogP contribution in [0.3, 0.4) is 0 Å². The molecule has 1 aromatic carbocycles. The van der Waals surface area contributed by atoms with E-state index in [0.29, 0.717) is 5.78 Å². The minimum atomic E-state index is 0.189. The SMILES string of the molecule is CCCCCSC1Cc2ccccc2C1=O. The van der Waals surface area contributed by atoms with E-state index in [1.807, 2.05) is 30.0 Å². The number of rotatable bonds is 5. The third-order valence-electron chi connectivity index (χ3n) is 3.05. The summed E-state index contributed by atoms with van der Waals surface area (Å²) in [5.41, 5.74) is 2.19. The molecule has 0 bridgehead atoms. The number of fused-ring (bicyclic) bond motifs is 1. The second-order valence-corrected chi connectivity index (χ2v) is 5.60. The standard InChI is InChI=1S/C14H18OS/c1-2-3-6-9-16-13-10-11-7-4-5-8-12(11)14(13)15/h4-5,7-8,13H,2-3,6,9-10H2,1H3. The molecule has 0 fully saturated rings. The first-order valence-electron chi connectivity index (χ1n) is 6.06. The molecule has 0 spiro atoms. The quantitative estimate of drug-likeness (QED) is 0.722. The van der Waals surface area contributed by atoms with Crippen LogP contribution in [0.25, 0.3) is 0 Å². The van der Waals surface area contributed by atoms with Crippen LogP contribution >= 0.6 is 11.8 Å². The Kier molecular flexibility index (Phi) is 4.05. The molecule has 0 saturated heterocycles. The molecule has 1 unspecified atom stereocenters. The van der Waals surface area contributed by atoms with Gasteiger partial charge in [0.05, 0.1) is 5.25 Å². The minimum absolute atomic E-state index is 0.189. The molecule has 0 aromatic heterocycles. The number of hydrogen-bond donors (Lipinski definition) is 0. The lowest BCUT2D eigenvalue weighted by atomic mass is 10.1. The molecule has 0 amide bonds. The van der Waals surface area contributed by atoms with Gasteiger partial charge in [-0.1, -0.05) is 44.0 Å². The first kappa shape index (κ1) is 11.7. The summed E-state index contributed by atoms with van der Waals surface area (Å²) in [6.45, 7) is 2.21. The fourth-order valence-electron chi connectivity index (χ4n) is 2.12. The first-order valence-corrected chi connectivity index (χ1v) is 7.11. The zero-order chi connectivity index (χ0) is 11.4. The average Bonchev–Trinajstić information content (AvgIpc) is 2.63. The van der Waals surface area contributed by atoms with E-state index in [1.54, 1.807) is 0 Å². The lowest BCUT2D eigenvalue weighted by Crippen LogP contribution is -2.11. The van der Waals surface area contributed by atoms with Gasteiger partial charge in [-0.15, -0.1) is 11.8 Å². The van der Waals surface area contributed by atoms with E-state index in [-0.39, 0.29) is 5.25 Å². The third kappa shape index (κ3) is 2.49. The highest BCUT2D eigenvalue weighted by atomic mass is 32.2. The number of carbonyl (C=O) groups is 1. The number of thioether (sulfide) groups is 1. The summed E-state index contributed by atoms with van der Waals surface area (Å²) in [5, 5.41) is 0.189. The van der Waals surface area contributed by atoms with Crippen LogP contribution in [-0.2, 0) is 6.42 Å². The Morgan fingerprint density at radius 1 is 1.31 bits per heavy atom. The Hall–Kier alpha value is -0.760. The van der Waals surface area contributed by atoms with Crippen LogP contribution in [0, 0.1) is 0 Å². The number of carbonyl (C=O) groups excluding carboxylic acids is 1. The molecule has 0 heterocycles. The van der Waals surface area contributed by atoms with Crippen LogP contribution < -0.4 is 0 Å². The molecule has 1 nitrogen and oxygen atoms in total. The molecule has 1 aliphatic rings. The molecular formula is C14H18OS. The molecular weight excluding hydrogens is 216 g/mol. The van der Waals surface area contributed by atoms with Gasteiger partial charge in [-0.3, -0.25) is 4.79 Å². The summed E-state index contributed by atoms with van der Waals surface area (Å²) in [5.74, 6) is 1.47. The third-order valence-corrected chi connectivity index (χ3v) is 4.35. The normalized spacial score (nSPS) is 18.8. The van der Waals surface area contributed by atoms with Crippen molar-refractivity contribution < 1.29 is 4.79 Å². The second kappa shape index (κ2) is 5.53. The van der Waals surface area contributed by atoms with Crippen molar-refractivity contribution in [2.45, 2.75) is 37.9 Å². The highest BCUT2D eigenvalue weighted by Gasteiger charge is 2.29. The van der Waals surface area contributed by atoms with Crippen molar-refractivity contribution in [3.8, 4) is 0 Å². The summed E-state index contributed by atoms with van der Waals surface area (Å²) in [6.07, 6.45) is 4.70. The van der Waals surface area contributed by atoms with Crippen molar-refractivity contribution in [2.24, 2.45) is 0 Å². The van der Waals surface area contributed by atoms with E-state index in [9.17, 15) is 4.79 Å². The molecule has 1 aromatic rings. The molecule has 0 N–H and O–H groups in total. The zero-order valence-corrected chi connectivity index (χ0v) is 10.6. The van der Waals surface area contributed by atoms with E-state index in [2.05, 4.69) is 13.0 Å². The maximum Gasteiger partial charge on any atom is 0.176 e. The van der Waals surface area contributed by atoms with Crippen molar-refractivity contribution in [3.05, 3.63) is 35.4 Å². The number of ketones is 1. The summed E-state index contributed by atoms with van der Waals surface area (Å²) < 4.78 is 0. The van der Waals surface area contributed by atoms with Crippen LogP contribution in [0.5, 0.6) is 0 Å². The molecule has 0 aliphatic heterocycles. The number of hydrogen-bond acceptors (Lipinski definition) is 2. The summed E-state index contributed by atoms with van der Waals surface area (Å²) in [7, 11) is 0. The molecule has 2 rings (SSSR count). The lowest BCUT2D eigenvalue weighted by Gasteiger charge is -2.06. The lowest BCUT2D eigenvalue weighted by molar-refractivity contribution is 0.100. The maximum atomic E-state index is 12.0. The molecule has 16 heavy (non-hydrogen) atoms. The van der Waals surface area contributed by atoms with Gasteiger partial charge in [-0.05, 0) is 24.2 Å². The van der Waals surface area contributed by atoms with Crippen LogP contribution in [0.4, 0.5) is 0 Å². The van der Waals surface area contributed by atoms with Crippen molar-refractivity contribution in [3.63, 3.8) is 0 Å². The first-order chi connectivity index (χ1) is 7.83. The maximum absolute atomic E-state index is 12.0. The molecule has 0 saturated carbocycles. The van der Waals surface area contributed by atoms with Crippen molar-refractivity contribution in [1.29, 1.82) is 0 Å². The van der Waals surface area contributed by atoms with E-state index in [0.717, 1.165) is 17.7 Å². The molecule has 1 atom stereocenters. The largest absolute Gasteiger partial charge is 0.293 e. The van der Waals surface area contributed by atoms with Gasteiger partial charge in [0.25, 0.3) is 0 Å². The van der Waals surface area contributed by atoms with Gasteiger partial charge in [0.15, 0.2) is 5.78 Å². The summed E-state index contributed by atoms with van der Waals surface area (Å²) >= 11 is 1.84. The molecule has 0 radical (unpaired) electrons. The van der Waals surface area contributed by atoms with Gasteiger partial charge < -0.3 is 0 Å². The number of unbranched alkanes of at least 4 members (excludes halogenated alkanes) is 2. The van der Waals surface area contributed by atoms with E-state index < -0.39 is 0 Å². The van der Waals surface area contributed by atoms with E-state index in [1.165, 1.54) is 24.8 Å². The van der Waals surface area contributed by atoms with Gasteiger partial charge in [-0.2, -0.15) is 0 Å². The predicted molar refractivity (Wildman–Crippen MR) is 70.2 cm³/mol. The van der Waals surface area contributed by atoms with Gasteiger partial charge >= 0.3 is 0 Å². The van der Waals surface area contributed by atoms with Crippen molar-refractivity contribution in [2.75, 3.05) is 5.75 Å². The average molecular weight is 234 g/mol. The van der Waals surface area contributed by atoms with Gasteiger partial charge in [-0.25, -0.2) is 0 Å². The van der Waals surface area contributed by atoms with E-state index >= 15 is 0 Å². The Labute approximate surface area is 102 Å². The predicted octanol–water partition coefficient (Wildman–Crippen LogP) is 3.72. The fourth-order valence-corrected chi connectivity index (χ4v) is 3.35. The van der Waals surface area contributed by atoms with Crippen LogP contribution in [-0.4, -0.2) is 16.8 Å². The van der Waals surface area contributed by atoms with Crippen molar-refractivity contribution in [1.82, 2.24) is 0 Å². The molecule has 86 valence electrons. The van der Waals surface area contributed by atoms with E-state index in [4.69, 9.17) is 0 Å². The zero-order valence-electron chi connectivity index (χ0n) is 9.74. The Balaban J connectivity index is 1.89. The highest BCUT2D eigenvalue weighted by molar-refractivity contribution is 8.00. The second-order valence-electron chi connectivity index (χ2n) is 4.29. The number of Topliss-reactive ketones (excluding diaryl/α,β-unsaturated/α-hetero) is 1. The highest BCUT2D eigenvalue weighted by Crippen LogP contribution is 2.30. The van der Waals surface area contributed by atoms with Crippen LogP contribution in [0.15, 0.2) is 24.3 Å². The Morgan fingerprint density at radius 3 is 2.88 bits per heavy atom. The summed E-state index contributed by atoms with van der Waals surface area (Å²) in [4.78, 5) is 12.0. The number of benzene rings is 1. The van der Waals surface area contributed by atoms with Crippen LogP contribution in [0.2, 0.25) is 0 Å². The Bertz CT molecular complexity index is 373. The smallest absolute Gasteiger partial charge is 0.176 e. The van der Waals surface area contributed by atoms with Gasteiger partial charge in [0.2, 0.25) is 0 Å². The van der Waals surface area contributed by atoms with Crippen LogP contribution in [0.1, 0.15) is 42.1 Å². The monoisotopic (exact) mass is 234 g/mol. The summed E-state index contributed by atoms with van der Waals surface area (Å²) in [6, 6.07) is 8.03. The molecule has 1 aliphatic carbocycles. The van der Waals surface area contributed by atoms with Gasteiger partial charge in [0.1, 0.15) is 0 Å². The Morgan fingerprint density at radius 2 is 2.12 bits per heavy atom. The fraction of sp³-hybridized carbons (Fsp3) is 0.500. The minimum Gasteiger partial charge on any atom is -0.293 e. The van der Waals surface area contributed by atoms with Gasteiger partial charge in [0, 0.05) is 5.56 Å². The van der Waals surface area contributed by atoms with Crippen molar-refractivity contribution >= 4 is 17.5 Å².